The maximum absolute atomic E-state index is 13.6. The summed E-state index contributed by atoms with van der Waals surface area (Å²) >= 11 is 0. The van der Waals surface area contributed by atoms with Gasteiger partial charge in [-0.3, -0.25) is 4.99 Å². The van der Waals surface area contributed by atoms with Crippen molar-refractivity contribution in [3.05, 3.63) is 47.4 Å². The van der Waals surface area contributed by atoms with E-state index in [9.17, 15) is 4.39 Å². The molecule has 3 heterocycles. The predicted octanol–water partition coefficient (Wildman–Crippen LogP) is 2.16. The van der Waals surface area contributed by atoms with Gasteiger partial charge in [-0.1, -0.05) is 0 Å². The Morgan fingerprint density at radius 2 is 2.33 bits per heavy atom. The number of hydrogen-bond donors (Lipinski definition) is 3. The number of halogens is 1. The lowest BCUT2D eigenvalue weighted by Crippen LogP contribution is -2.47. The number of ether oxygens (including phenoxy) is 1. The van der Waals surface area contributed by atoms with Crippen molar-refractivity contribution in [1.82, 2.24) is 30.4 Å². The topological polar surface area (TPSA) is 92.2 Å². The second-order valence-corrected chi connectivity index (χ2v) is 7.45. The monoisotopic (exact) mass is 413 g/mol. The minimum atomic E-state index is -0.222. The molecule has 0 spiro atoms. The highest BCUT2D eigenvalue weighted by molar-refractivity contribution is 5.83. The van der Waals surface area contributed by atoms with Crippen LogP contribution in [0, 0.1) is 5.82 Å². The van der Waals surface area contributed by atoms with Crippen molar-refractivity contribution in [3.63, 3.8) is 0 Å². The van der Waals surface area contributed by atoms with Gasteiger partial charge in [-0.15, -0.1) is 0 Å². The molecule has 1 aromatic carbocycles. The highest BCUT2D eigenvalue weighted by Crippen LogP contribution is 2.20. The number of H-pyrrole nitrogens is 1. The first-order chi connectivity index (χ1) is 14.7. The van der Waals surface area contributed by atoms with Gasteiger partial charge in [0.1, 0.15) is 18.2 Å². The third-order valence-electron chi connectivity index (χ3n) is 5.24. The Balaban J connectivity index is 1.38. The summed E-state index contributed by atoms with van der Waals surface area (Å²) in [5.41, 5.74) is 2.01. The summed E-state index contributed by atoms with van der Waals surface area (Å²) in [6.07, 6.45) is 4.51. The average Bonchev–Trinajstić information content (AvgIpc) is 3.31. The molecule has 8 nitrogen and oxygen atoms in total. The molecule has 30 heavy (non-hydrogen) atoms. The van der Waals surface area contributed by atoms with Crippen LogP contribution in [0.15, 0.2) is 29.4 Å². The second-order valence-electron chi connectivity index (χ2n) is 7.45. The third-order valence-corrected chi connectivity index (χ3v) is 5.24. The molecule has 1 aliphatic rings. The minimum Gasteiger partial charge on any atom is -0.377 e. The van der Waals surface area contributed by atoms with Crippen LogP contribution in [0.4, 0.5) is 4.39 Å². The maximum Gasteiger partial charge on any atom is 0.191 e. The van der Waals surface area contributed by atoms with E-state index in [4.69, 9.17) is 9.73 Å². The van der Waals surface area contributed by atoms with E-state index in [1.165, 1.54) is 6.07 Å². The lowest BCUT2D eigenvalue weighted by atomic mass is 10.1. The number of aliphatic imine (C=N–C) groups is 1. The molecule has 3 N–H and O–H groups in total. The lowest BCUT2D eigenvalue weighted by Gasteiger charge is -2.25. The van der Waals surface area contributed by atoms with Crippen LogP contribution < -0.4 is 10.6 Å². The Bertz CT molecular complexity index is 1030. The lowest BCUT2D eigenvalue weighted by molar-refractivity contribution is 0.177. The number of aromatic nitrogens is 4. The number of hydrogen-bond acceptors (Lipinski definition) is 4. The Kier molecular flexibility index (Phi) is 6.27. The number of methoxy groups -OCH3 is 1. The number of guanidine groups is 1. The molecule has 0 saturated carbocycles. The van der Waals surface area contributed by atoms with Crippen molar-refractivity contribution in [1.29, 1.82) is 0 Å². The molecule has 0 bridgehead atoms. The van der Waals surface area contributed by atoms with Crippen molar-refractivity contribution in [2.75, 3.05) is 20.2 Å². The molecular weight excluding hydrogens is 385 g/mol. The number of rotatable bonds is 7. The Morgan fingerprint density at radius 1 is 1.43 bits per heavy atom. The molecule has 1 unspecified atom stereocenters. The van der Waals surface area contributed by atoms with Gasteiger partial charge in [0, 0.05) is 49.8 Å². The van der Waals surface area contributed by atoms with Gasteiger partial charge in [0.25, 0.3) is 0 Å². The number of benzene rings is 1. The van der Waals surface area contributed by atoms with Crippen molar-refractivity contribution >= 4 is 16.9 Å². The quantitative estimate of drug-likeness (QED) is 0.408. The number of nitrogens with zero attached hydrogens (tertiary/aromatic N) is 4. The molecule has 2 aromatic heterocycles. The number of nitrogens with one attached hydrogen (secondary N) is 3. The summed E-state index contributed by atoms with van der Waals surface area (Å²) < 4.78 is 20.7. The van der Waals surface area contributed by atoms with E-state index in [2.05, 4.69) is 25.7 Å². The normalized spacial score (nSPS) is 16.6. The fourth-order valence-corrected chi connectivity index (χ4v) is 3.83. The van der Waals surface area contributed by atoms with Crippen LogP contribution >= 0.6 is 0 Å². The Labute approximate surface area is 174 Å². The van der Waals surface area contributed by atoms with Crippen LogP contribution in [0.2, 0.25) is 0 Å². The van der Waals surface area contributed by atoms with Gasteiger partial charge in [0.05, 0.1) is 6.54 Å². The molecule has 160 valence electrons. The van der Waals surface area contributed by atoms with Gasteiger partial charge in [-0.05, 0) is 43.5 Å². The zero-order valence-corrected chi connectivity index (χ0v) is 17.4. The predicted molar refractivity (Wildman–Crippen MR) is 114 cm³/mol. The first kappa shape index (κ1) is 20.3. The van der Waals surface area contributed by atoms with E-state index in [-0.39, 0.29) is 11.9 Å². The van der Waals surface area contributed by atoms with Crippen LogP contribution in [0.25, 0.3) is 10.9 Å². The number of aryl methyl sites for hydroxylation is 1. The molecule has 0 saturated heterocycles. The molecule has 0 radical (unpaired) electrons. The van der Waals surface area contributed by atoms with Gasteiger partial charge in [0.2, 0.25) is 0 Å². The SMILES string of the molecule is CCNC(=NCCc1c[nH]c2ccc(F)cc12)NC1CCc2nc(COC)nn2C1. The van der Waals surface area contributed by atoms with Gasteiger partial charge in [-0.25, -0.2) is 14.1 Å². The molecule has 1 atom stereocenters. The van der Waals surface area contributed by atoms with Crippen LogP contribution in [-0.2, 0) is 30.7 Å². The summed E-state index contributed by atoms with van der Waals surface area (Å²) in [5.74, 6) is 2.30. The van der Waals surface area contributed by atoms with Crippen molar-refractivity contribution in [3.8, 4) is 0 Å². The largest absolute Gasteiger partial charge is 0.377 e. The van der Waals surface area contributed by atoms with E-state index in [1.54, 1.807) is 19.2 Å². The Hall–Kier alpha value is -2.94. The van der Waals surface area contributed by atoms with Gasteiger partial charge in [-0.2, -0.15) is 5.10 Å². The minimum absolute atomic E-state index is 0.222. The van der Waals surface area contributed by atoms with E-state index >= 15 is 0 Å². The van der Waals surface area contributed by atoms with Crippen LogP contribution in [0.5, 0.6) is 0 Å². The zero-order chi connectivity index (χ0) is 20.9. The highest BCUT2D eigenvalue weighted by Gasteiger charge is 2.22. The third kappa shape index (κ3) is 4.62. The van der Waals surface area contributed by atoms with Crippen LogP contribution in [0.3, 0.4) is 0 Å². The van der Waals surface area contributed by atoms with Gasteiger partial charge < -0.3 is 20.4 Å². The van der Waals surface area contributed by atoms with E-state index in [0.717, 1.165) is 66.4 Å². The van der Waals surface area contributed by atoms with Gasteiger partial charge >= 0.3 is 0 Å². The Morgan fingerprint density at radius 3 is 3.17 bits per heavy atom. The number of aromatic amines is 1. The summed E-state index contributed by atoms with van der Waals surface area (Å²) in [6, 6.07) is 5.04. The van der Waals surface area contributed by atoms with E-state index < -0.39 is 0 Å². The van der Waals surface area contributed by atoms with Crippen LogP contribution in [0.1, 0.15) is 30.6 Å². The molecule has 0 aliphatic carbocycles. The zero-order valence-electron chi connectivity index (χ0n) is 17.4. The summed E-state index contributed by atoms with van der Waals surface area (Å²) in [5, 5.41) is 12.3. The fraction of sp³-hybridized carbons (Fsp3) is 0.476. The van der Waals surface area contributed by atoms with Gasteiger partial charge in [0.15, 0.2) is 11.8 Å². The maximum atomic E-state index is 13.6. The van der Waals surface area contributed by atoms with E-state index in [0.29, 0.717) is 13.2 Å². The molecular formula is C21H28FN7O. The fourth-order valence-electron chi connectivity index (χ4n) is 3.83. The van der Waals surface area contributed by atoms with E-state index in [1.807, 2.05) is 17.8 Å². The molecule has 9 heteroatoms. The van der Waals surface area contributed by atoms with Crippen LogP contribution in [-0.4, -0.2) is 51.9 Å². The number of fused-ring (bicyclic) bond motifs is 2. The molecule has 0 fully saturated rings. The summed E-state index contributed by atoms with van der Waals surface area (Å²) in [7, 11) is 1.65. The van der Waals surface area contributed by atoms with Crippen molar-refractivity contribution in [2.24, 2.45) is 4.99 Å². The van der Waals surface area contributed by atoms with Crippen molar-refractivity contribution < 1.29 is 9.13 Å². The molecule has 4 rings (SSSR count). The van der Waals surface area contributed by atoms with Crippen molar-refractivity contribution in [2.45, 2.75) is 45.4 Å². The first-order valence-corrected chi connectivity index (χ1v) is 10.4. The smallest absolute Gasteiger partial charge is 0.191 e. The summed E-state index contributed by atoms with van der Waals surface area (Å²) in [4.78, 5) is 12.4. The molecule has 1 aliphatic heterocycles. The highest BCUT2D eigenvalue weighted by atomic mass is 19.1. The first-order valence-electron chi connectivity index (χ1n) is 10.4. The second kappa shape index (κ2) is 9.25. The molecule has 3 aromatic rings. The summed E-state index contributed by atoms with van der Waals surface area (Å²) in [6.45, 7) is 4.62. The average molecular weight is 414 g/mol. The molecule has 0 amide bonds. The standard InChI is InChI=1S/C21H28FN7O/c1-3-23-21(24-9-8-14-11-25-18-6-4-15(22)10-17(14)18)26-16-5-7-20-27-19(13-30-2)28-29(20)12-16/h4,6,10-11,16,25H,3,5,7-9,12-13H2,1-2H3,(H2,23,24,26).